The third-order valence-electron chi connectivity index (χ3n) is 9.10. The van der Waals surface area contributed by atoms with Crippen LogP contribution in [0.25, 0.3) is 0 Å². The lowest BCUT2D eigenvalue weighted by Gasteiger charge is -2.56. The first kappa shape index (κ1) is 22.6. The molecule has 0 amide bonds. The summed E-state index contributed by atoms with van der Waals surface area (Å²) in [5, 5.41) is 10.7. The molecule has 0 aromatic heterocycles. The van der Waals surface area contributed by atoms with Crippen LogP contribution in [0, 0.1) is 41.4 Å². The van der Waals surface area contributed by atoms with Gasteiger partial charge in [-0.2, -0.15) is 0 Å². The van der Waals surface area contributed by atoms with Crippen LogP contribution in [0.5, 0.6) is 0 Å². The number of hydrogen-bond acceptors (Lipinski definition) is 4. The van der Waals surface area contributed by atoms with Crippen molar-refractivity contribution >= 4 is 11.8 Å². The minimum absolute atomic E-state index is 0.0123. The lowest BCUT2D eigenvalue weighted by atomic mass is 9.50. The van der Waals surface area contributed by atoms with Crippen molar-refractivity contribution in [2.75, 3.05) is 0 Å². The summed E-state index contributed by atoms with van der Waals surface area (Å²) in [6, 6.07) is 0. The normalized spacial score (nSPS) is 41.4. The molecule has 0 spiro atoms. The molecule has 31 heavy (non-hydrogen) atoms. The van der Waals surface area contributed by atoms with Crippen LogP contribution in [-0.4, -0.2) is 28.6 Å². The second-order valence-electron chi connectivity index (χ2n) is 10.8. The fraction of sp³-hybridized carbons (Fsp3) is 0.778. The summed E-state index contributed by atoms with van der Waals surface area (Å²) in [5.74, 6) is 3.78. The van der Waals surface area contributed by atoms with Gasteiger partial charge in [0.15, 0.2) is 11.4 Å². The fourth-order valence-electron chi connectivity index (χ4n) is 7.54. The topological polar surface area (TPSA) is 63.6 Å². The average molecular weight is 427 g/mol. The summed E-state index contributed by atoms with van der Waals surface area (Å²) in [4.78, 5) is 25.4. The highest BCUT2D eigenvalue weighted by Crippen LogP contribution is 2.63. The van der Waals surface area contributed by atoms with Gasteiger partial charge in [0.25, 0.3) is 0 Å². The Hall–Kier alpha value is -1.60. The summed E-state index contributed by atoms with van der Waals surface area (Å²) in [7, 11) is 0. The van der Waals surface area contributed by atoms with E-state index < -0.39 is 5.60 Å². The van der Waals surface area contributed by atoms with Crippen LogP contribution in [0.3, 0.4) is 0 Å². The second-order valence-corrected chi connectivity index (χ2v) is 10.8. The number of hydrogen-bond donors (Lipinski definition) is 1. The molecule has 7 atom stereocenters. The molecule has 0 aliphatic heterocycles. The highest BCUT2D eigenvalue weighted by Gasteiger charge is 2.60. The maximum atomic E-state index is 12.8. The van der Waals surface area contributed by atoms with Gasteiger partial charge < -0.3 is 9.84 Å². The Morgan fingerprint density at radius 3 is 2.77 bits per heavy atom. The molecule has 170 valence electrons. The van der Waals surface area contributed by atoms with E-state index in [0.29, 0.717) is 24.2 Å². The van der Waals surface area contributed by atoms with Gasteiger partial charge in [-0.15, -0.1) is 6.42 Å². The molecule has 0 aromatic carbocycles. The predicted molar refractivity (Wildman–Crippen MR) is 120 cm³/mol. The fourth-order valence-corrected chi connectivity index (χ4v) is 7.54. The first-order valence-electron chi connectivity index (χ1n) is 12.5. The van der Waals surface area contributed by atoms with Crippen LogP contribution >= 0.6 is 0 Å². The Labute approximate surface area is 187 Å². The van der Waals surface area contributed by atoms with Crippen molar-refractivity contribution in [1.82, 2.24) is 0 Å². The quantitative estimate of drug-likeness (QED) is 0.369. The summed E-state index contributed by atoms with van der Waals surface area (Å²) in [6.07, 6.45) is 17.9. The summed E-state index contributed by atoms with van der Waals surface area (Å²) in [6.45, 7) is 4.40. The number of esters is 1. The number of carbonyl (C=O) groups excluding carboxylic acids is 2. The number of aliphatic hydroxyl groups excluding tert-OH is 1. The zero-order valence-electron chi connectivity index (χ0n) is 19.2. The van der Waals surface area contributed by atoms with Gasteiger partial charge in [0.1, 0.15) is 0 Å². The molecule has 2 unspecified atom stereocenters. The maximum absolute atomic E-state index is 12.8. The lowest BCUT2D eigenvalue weighted by molar-refractivity contribution is -0.166. The highest BCUT2D eigenvalue weighted by atomic mass is 16.6. The molecule has 3 fully saturated rings. The Morgan fingerprint density at radius 1 is 1.23 bits per heavy atom. The summed E-state index contributed by atoms with van der Waals surface area (Å²) in [5.41, 5.74) is -0.0600. The minimum atomic E-state index is -1.14. The van der Waals surface area contributed by atoms with E-state index in [1.165, 1.54) is 0 Å². The van der Waals surface area contributed by atoms with E-state index in [9.17, 15) is 14.7 Å². The third kappa shape index (κ3) is 3.88. The number of ketones is 1. The molecule has 3 saturated carbocycles. The lowest BCUT2D eigenvalue weighted by Crippen LogP contribution is -2.56. The molecule has 0 bridgehead atoms. The molecule has 0 heterocycles. The number of unbranched alkanes of at least 4 members (excludes halogenated alkanes) is 3. The van der Waals surface area contributed by atoms with E-state index in [2.05, 4.69) is 19.8 Å². The number of ether oxygens (including phenoxy) is 1. The van der Waals surface area contributed by atoms with Crippen molar-refractivity contribution in [3.8, 4) is 12.3 Å². The molecule has 4 aliphatic rings. The molecule has 4 rings (SSSR count). The first-order chi connectivity index (χ1) is 14.8. The first-order valence-corrected chi connectivity index (χ1v) is 12.5. The van der Waals surface area contributed by atoms with Crippen LogP contribution in [0.1, 0.15) is 90.9 Å². The molecular formula is C27H38O4. The van der Waals surface area contributed by atoms with Crippen LogP contribution in [0.15, 0.2) is 11.6 Å². The highest BCUT2D eigenvalue weighted by molar-refractivity contribution is 5.93. The van der Waals surface area contributed by atoms with E-state index in [1.807, 2.05) is 0 Å². The van der Waals surface area contributed by atoms with E-state index in [-0.39, 0.29) is 35.6 Å². The van der Waals surface area contributed by atoms with E-state index in [1.54, 1.807) is 6.08 Å². The number of carbonyl (C=O) groups is 2. The van der Waals surface area contributed by atoms with Crippen molar-refractivity contribution in [1.29, 1.82) is 0 Å². The zero-order valence-corrected chi connectivity index (χ0v) is 19.2. The SMILES string of the molecule is C#CC1(OC(=O)CCCCCC)CC(=O)C=C2CC[C@@H]3[C@H](CC[C@]4(C)[C@@H](O)CC[C@@H]34)C21. The average Bonchev–Trinajstić information content (AvgIpc) is 3.05. The monoisotopic (exact) mass is 426 g/mol. The van der Waals surface area contributed by atoms with Gasteiger partial charge in [-0.3, -0.25) is 9.59 Å². The molecule has 4 heteroatoms. The molecule has 0 radical (unpaired) electrons. The van der Waals surface area contributed by atoms with Crippen molar-refractivity contribution in [2.45, 2.75) is 103 Å². The smallest absolute Gasteiger partial charge is 0.307 e. The van der Waals surface area contributed by atoms with Crippen molar-refractivity contribution < 1.29 is 19.4 Å². The molecule has 1 N–H and O–H groups in total. The second kappa shape index (κ2) is 8.74. The number of aliphatic hydroxyl groups is 1. The van der Waals surface area contributed by atoms with Crippen molar-refractivity contribution in [2.24, 2.45) is 29.1 Å². The molecule has 4 nitrogen and oxygen atoms in total. The number of fused-ring (bicyclic) bond motifs is 5. The molecule has 0 aromatic rings. The van der Waals surface area contributed by atoms with E-state index in [4.69, 9.17) is 11.2 Å². The predicted octanol–water partition coefficient (Wildman–Crippen LogP) is 4.98. The van der Waals surface area contributed by atoms with Gasteiger partial charge in [-0.1, -0.05) is 44.6 Å². The van der Waals surface area contributed by atoms with Crippen molar-refractivity contribution in [3.63, 3.8) is 0 Å². The van der Waals surface area contributed by atoms with Gasteiger partial charge in [-0.05, 0) is 74.2 Å². The summed E-state index contributed by atoms with van der Waals surface area (Å²) >= 11 is 0. The number of terminal acetylenes is 1. The standard InChI is InChI=1S/C27H38O4/c1-4-6-7-8-9-24(30)31-27(5-2)17-19(28)16-18-10-11-20-21(25(18)27)14-15-26(3)22(20)12-13-23(26)29/h2,16,20-23,25,29H,4,6-15,17H2,1,3H3/t20-,21+,22+,23+,25?,26+,27?/m1/s1. The largest absolute Gasteiger partial charge is 0.445 e. The van der Waals surface area contributed by atoms with Gasteiger partial charge in [0.2, 0.25) is 0 Å². The number of rotatable bonds is 6. The molecule has 0 saturated heterocycles. The van der Waals surface area contributed by atoms with Crippen LogP contribution in [0.4, 0.5) is 0 Å². The molecular weight excluding hydrogens is 388 g/mol. The maximum Gasteiger partial charge on any atom is 0.307 e. The van der Waals surface area contributed by atoms with E-state index in [0.717, 1.165) is 69.8 Å². The molecule has 4 aliphatic carbocycles. The van der Waals surface area contributed by atoms with Gasteiger partial charge in [0.05, 0.1) is 12.5 Å². The minimum Gasteiger partial charge on any atom is -0.445 e. The van der Waals surface area contributed by atoms with Gasteiger partial charge in [0, 0.05) is 12.3 Å². The zero-order chi connectivity index (χ0) is 22.2. The third-order valence-corrected chi connectivity index (χ3v) is 9.10. The van der Waals surface area contributed by atoms with Crippen LogP contribution in [-0.2, 0) is 14.3 Å². The van der Waals surface area contributed by atoms with Gasteiger partial charge >= 0.3 is 5.97 Å². The Kier molecular flexibility index (Phi) is 6.37. The van der Waals surface area contributed by atoms with Crippen LogP contribution < -0.4 is 0 Å². The Morgan fingerprint density at radius 2 is 2.03 bits per heavy atom. The van der Waals surface area contributed by atoms with Gasteiger partial charge in [-0.25, -0.2) is 0 Å². The summed E-state index contributed by atoms with van der Waals surface area (Å²) < 4.78 is 6.07. The Bertz CT molecular complexity index is 792. The van der Waals surface area contributed by atoms with Crippen LogP contribution in [0.2, 0.25) is 0 Å². The Balaban J connectivity index is 1.59. The van der Waals surface area contributed by atoms with E-state index >= 15 is 0 Å². The van der Waals surface area contributed by atoms with Crippen molar-refractivity contribution in [3.05, 3.63) is 11.6 Å².